The summed E-state index contributed by atoms with van der Waals surface area (Å²) in [7, 11) is 0. The number of nitrogens with two attached hydrogens (primary N) is 1. The first-order chi connectivity index (χ1) is 6.81. The molecule has 0 aliphatic heterocycles. The largest absolute Gasteiger partial charge is 0.390 e. The van der Waals surface area contributed by atoms with Gasteiger partial charge in [-0.15, -0.1) is 0 Å². The van der Waals surface area contributed by atoms with Gasteiger partial charge in [0.1, 0.15) is 5.52 Å². The third-order valence-electron chi connectivity index (χ3n) is 1.60. The molecule has 14 heavy (non-hydrogen) atoms. The van der Waals surface area contributed by atoms with E-state index in [1.165, 1.54) is 11.8 Å². The molecular formula is C7H7N6S+. The molecule has 0 saturated carbocycles. The van der Waals surface area contributed by atoms with Gasteiger partial charge in [0, 0.05) is 0 Å². The monoisotopic (exact) mass is 207 g/mol. The van der Waals surface area contributed by atoms with E-state index in [4.69, 9.17) is 11.0 Å². The predicted octanol–water partition coefficient (Wildman–Crippen LogP) is -0.0301. The molecule has 0 spiro atoms. The molecule has 0 atom stereocenters. The van der Waals surface area contributed by atoms with Crippen LogP contribution in [0, 0.1) is 11.3 Å². The molecular weight excluding hydrogens is 200 g/mol. The molecule has 0 unspecified atom stereocenters. The van der Waals surface area contributed by atoms with Crippen molar-refractivity contribution < 1.29 is 4.98 Å². The van der Waals surface area contributed by atoms with Crippen LogP contribution in [0.3, 0.4) is 0 Å². The lowest BCUT2D eigenvalue weighted by Gasteiger charge is -1.94. The number of hydrogen-bond donors (Lipinski definition) is 2. The fourth-order valence-corrected chi connectivity index (χ4v) is 1.75. The van der Waals surface area contributed by atoms with E-state index in [9.17, 15) is 0 Å². The van der Waals surface area contributed by atoms with Crippen molar-refractivity contribution in [3.63, 3.8) is 0 Å². The van der Waals surface area contributed by atoms with Crippen molar-refractivity contribution in [2.75, 3.05) is 11.5 Å². The maximum Gasteiger partial charge on any atom is 0.390 e. The minimum Gasteiger partial charge on any atom is -0.339 e. The summed E-state index contributed by atoms with van der Waals surface area (Å²) in [5.74, 6) is 0.652. The zero-order valence-corrected chi connectivity index (χ0v) is 7.93. The first-order valence-corrected chi connectivity index (χ1v) is 4.81. The van der Waals surface area contributed by atoms with Crippen molar-refractivity contribution >= 4 is 28.9 Å². The average Bonchev–Trinajstić information content (AvgIpc) is 2.61. The molecule has 0 aromatic carbocycles. The highest BCUT2D eigenvalue weighted by molar-refractivity contribution is 7.99. The first-order valence-electron chi connectivity index (χ1n) is 3.83. The molecule has 0 amide bonds. The number of thioether (sulfide) groups is 1. The maximum absolute atomic E-state index is 8.46. The van der Waals surface area contributed by atoms with Gasteiger partial charge in [-0.3, -0.25) is 5.73 Å². The second-order valence-electron chi connectivity index (χ2n) is 2.50. The van der Waals surface area contributed by atoms with Crippen LogP contribution in [0.15, 0.2) is 11.4 Å². The van der Waals surface area contributed by atoms with Gasteiger partial charge in [0.25, 0.3) is 5.65 Å². The first kappa shape index (κ1) is 8.77. The SMILES string of the molecule is N#CCSc1[nH+]c(N)nc2nc[nH]c12. The molecule has 0 fully saturated rings. The fourth-order valence-electron chi connectivity index (χ4n) is 1.07. The van der Waals surface area contributed by atoms with Gasteiger partial charge >= 0.3 is 5.95 Å². The van der Waals surface area contributed by atoms with E-state index in [0.29, 0.717) is 17.3 Å². The number of nitrogens with one attached hydrogen (secondary N) is 2. The van der Waals surface area contributed by atoms with Gasteiger partial charge in [-0.1, -0.05) is 11.8 Å². The van der Waals surface area contributed by atoms with Gasteiger partial charge in [-0.05, 0) is 4.98 Å². The van der Waals surface area contributed by atoms with Crippen LogP contribution in [-0.4, -0.2) is 20.7 Å². The number of nitrogens with zero attached hydrogens (tertiary/aromatic N) is 3. The number of fused-ring (bicyclic) bond motifs is 1. The van der Waals surface area contributed by atoms with E-state index in [1.807, 2.05) is 6.07 Å². The molecule has 7 heteroatoms. The van der Waals surface area contributed by atoms with Crippen molar-refractivity contribution in [2.45, 2.75) is 5.03 Å². The Hall–Kier alpha value is -1.81. The van der Waals surface area contributed by atoms with Crippen LogP contribution < -0.4 is 10.7 Å². The predicted molar refractivity (Wildman–Crippen MR) is 51.2 cm³/mol. The summed E-state index contributed by atoms with van der Waals surface area (Å²) < 4.78 is 0. The van der Waals surface area contributed by atoms with Gasteiger partial charge in [0.15, 0.2) is 5.03 Å². The van der Waals surface area contributed by atoms with Crippen LogP contribution in [-0.2, 0) is 0 Å². The van der Waals surface area contributed by atoms with Crippen LogP contribution in [0.1, 0.15) is 0 Å². The molecule has 0 saturated heterocycles. The van der Waals surface area contributed by atoms with Crippen molar-refractivity contribution in [3.05, 3.63) is 6.33 Å². The van der Waals surface area contributed by atoms with Crippen molar-refractivity contribution in [1.82, 2.24) is 15.0 Å². The van der Waals surface area contributed by atoms with Gasteiger partial charge in [-0.25, -0.2) is 9.97 Å². The Kier molecular flexibility index (Phi) is 2.20. The summed E-state index contributed by atoms with van der Waals surface area (Å²) >= 11 is 1.36. The Bertz CT molecular complexity index is 498. The number of anilines is 1. The number of H-pyrrole nitrogens is 2. The summed E-state index contributed by atoms with van der Waals surface area (Å²) in [6.07, 6.45) is 1.54. The van der Waals surface area contributed by atoms with Crippen LogP contribution in [0.4, 0.5) is 5.95 Å². The molecule has 0 aliphatic carbocycles. The Balaban J connectivity index is 2.51. The minimum absolute atomic E-state index is 0.296. The normalized spacial score (nSPS) is 10.2. The number of nitriles is 1. The van der Waals surface area contributed by atoms with Crippen LogP contribution >= 0.6 is 11.8 Å². The topological polar surface area (TPSA) is 106 Å². The highest BCUT2D eigenvalue weighted by Gasteiger charge is 2.13. The number of aromatic nitrogens is 4. The van der Waals surface area contributed by atoms with Crippen molar-refractivity contribution in [2.24, 2.45) is 0 Å². The van der Waals surface area contributed by atoms with Gasteiger partial charge < -0.3 is 4.98 Å². The van der Waals surface area contributed by atoms with E-state index in [1.54, 1.807) is 6.33 Å². The van der Waals surface area contributed by atoms with Crippen LogP contribution in [0.25, 0.3) is 11.2 Å². The maximum atomic E-state index is 8.46. The Labute approximate surface area is 83.6 Å². The molecule has 0 radical (unpaired) electrons. The van der Waals surface area contributed by atoms with Gasteiger partial charge in [0.2, 0.25) is 0 Å². The van der Waals surface area contributed by atoms with Crippen LogP contribution in [0.2, 0.25) is 0 Å². The quantitative estimate of drug-likeness (QED) is 0.531. The lowest BCUT2D eigenvalue weighted by Crippen LogP contribution is -2.15. The summed E-state index contributed by atoms with van der Waals surface area (Å²) in [6.45, 7) is 0. The average molecular weight is 207 g/mol. The molecule has 2 aromatic heterocycles. The summed E-state index contributed by atoms with van der Waals surface area (Å²) in [6, 6.07) is 2.04. The van der Waals surface area contributed by atoms with Gasteiger partial charge in [-0.2, -0.15) is 5.26 Å². The summed E-state index contributed by atoms with van der Waals surface area (Å²) in [5.41, 5.74) is 6.87. The van der Waals surface area contributed by atoms with E-state index in [-0.39, 0.29) is 0 Å². The highest BCUT2D eigenvalue weighted by atomic mass is 32.2. The number of nitrogen functional groups attached to an aromatic ring is 1. The lowest BCUT2D eigenvalue weighted by atomic mass is 10.5. The number of imidazole rings is 1. The molecule has 2 heterocycles. The number of rotatable bonds is 2. The zero-order valence-electron chi connectivity index (χ0n) is 7.11. The van der Waals surface area contributed by atoms with E-state index in [2.05, 4.69) is 19.9 Å². The highest BCUT2D eigenvalue weighted by Crippen LogP contribution is 2.19. The summed E-state index contributed by atoms with van der Waals surface area (Å²) in [5, 5.41) is 9.25. The smallest absolute Gasteiger partial charge is 0.339 e. The van der Waals surface area contributed by atoms with E-state index in [0.717, 1.165) is 10.5 Å². The molecule has 0 aliphatic rings. The van der Waals surface area contributed by atoms with Crippen molar-refractivity contribution in [3.8, 4) is 6.07 Å². The summed E-state index contributed by atoms with van der Waals surface area (Å²) in [4.78, 5) is 13.8. The van der Waals surface area contributed by atoms with E-state index >= 15 is 0 Å². The second kappa shape index (κ2) is 3.51. The molecule has 4 N–H and O–H groups in total. The van der Waals surface area contributed by atoms with E-state index < -0.39 is 0 Å². The molecule has 0 bridgehead atoms. The zero-order chi connectivity index (χ0) is 9.97. The number of hydrogen-bond acceptors (Lipinski definition) is 5. The second-order valence-corrected chi connectivity index (χ2v) is 3.48. The molecule has 70 valence electrons. The minimum atomic E-state index is 0.296. The van der Waals surface area contributed by atoms with Crippen LogP contribution in [0.5, 0.6) is 0 Å². The third-order valence-corrected chi connectivity index (χ3v) is 2.46. The Morgan fingerprint density at radius 1 is 1.71 bits per heavy atom. The molecule has 6 nitrogen and oxygen atoms in total. The third kappa shape index (κ3) is 1.47. The fraction of sp³-hybridized carbons (Fsp3) is 0.143. The Morgan fingerprint density at radius 3 is 3.36 bits per heavy atom. The number of aromatic amines is 2. The lowest BCUT2D eigenvalue weighted by molar-refractivity contribution is -0.410. The standard InChI is InChI=1S/C7H6N6S/c8-1-2-14-6-4-5(11-3-10-4)12-7(9)13-6/h3H,2H2,(H3,9,10,11,12,13)/p+1. The molecule has 2 rings (SSSR count). The van der Waals surface area contributed by atoms with Gasteiger partial charge in [0.05, 0.1) is 18.1 Å². The molecule has 2 aromatic rings. The Morgan fingerprint density at radius 2 is 2.57 bits per heavy atom. The van der Waals surface area contributed by atoms with Crippen molar-refractivity contribution in [1.29, 1.82) is 5.26 Å².